The molecular weight excluding hydrogens is 318 g/mol. The number of nitrogens with zero attached hydrogens (tertiary/aromatic N) is 4. The molecule has 1 aliphatic heterocycles. The van der Waals surface area contributed by atoms with Gasteiger partial charge in [0.05, 0.1) is 18.1 Å². The summed E-state index contributed by atoms with van der Waals surface area (Å²) in [6, 6.07) is 6.26. The van der Waals surface area contributed by atoms with E-state index in [4.69, 9.17) is 4.74 Å². The number of thioether (sulfide) groups is 1. The zero-order chi connectivity index (χ0) is 16.1. The standard InChI is InChI=1S/C14H17N5O3S/c20-19(21)12-3-1-11(2-4-12)13-15-14(17-16-13)23-10-7-18-5-8-22-9-6-18/h1-4H,5-10H2,(H,15,16,17). The minimum absolute atomic E-state index is 0.0633. The minimum Gasteiger partial charge on any atom is -0.379 e. The summed E-state index contributed by atoms with van der Waals surface area (Å²) in [7, 11) is 0. The first-order valence-electron chi connectivity index (χ1n) is 7.33. The third-order valence-electron chi connectivity index (χ3n) is 3.57. The van der Waals surface area contributed by atoms with E-state index in [0.29, 0.717) is 5.82 Å². The van der Waals surface area contributed by atoms with Gasteiger partial charge in [-0.2, -0.15) is 0 Å². The largest absolute Gasteiger partial charge is 0.379 e. The molecule has 9 heteroatoms. The van der Waals surface area contributed by atoms with Crippen LogP contribution in [0, 0.1) is 10.1 Å². The first-order chi connectivity index (χ1) is 11.2. The van der Waals surface area contributed by atoms with Crippen molar-refractivity contribution in [2.75, 3.05) is 38.6 Å². The second-order valence-electron chi connectivity index (χ2n) is 5.09. The number of hydrogen-bond donors (Lipinski definition) is 1. The Kier molecular flexibility index (Phi) is 5.21. The Labute approximate surface area is 137 Å². The Hall–Kier alpha value is -1.97. The second kappa shape index (κ2) is 7.53. The van der Waals surface area contributed by atoms with Crippen LogP contribution in [0.25, 0.3) is 11.4 Å². The Balaban J connectivity index is 1.54. The third kappa shape index (κ3) is 4.27. The van der Waals surface area contributed by atoms with E-state index in [-0.39, 0.29) is 5.69 Å². The molecule has 0 aliphatic carbocycles. The van der Waals surface area contributed by atoms with Crippen molar-refractivity contribution in [1.82, 2.24) is 20.1 Å². The molecule has 2 aromatic rings. The number of hydrogen-bond acceptors (Lipinski definition) is 7. The highest BCUT2D eigenvalue weighted by Crippen LogP contribution is 2.21. The van der Waals surface area contributed by atoms with E-state index in [9.17, 15) is 10.1 Å². The predicted octanol–water partition coefficient (Wildman–Crippen LogP) is 1.80. The summed E-state index contributed by atoms with van der Waals surface area (Å²) in [4.78, 5) is 15.7. The van der Waals surface area contributed by atoms with Crippen LogP contribution in [0.2, 0.25) is 0 Å². The molecular formula is C14H17N5O3S. The zero-order valence-electron chi connectivity index (χ0n) is 12.5. The smallest absolute Gasteiger partial charge is 0.269 e. The van der Waals surface area contributed by atoms with Crippen molar-refractivity contribution in [1.29, 1.82) is 0 Å². The van der Waals surface area contributed by atoms with E-state index in [1.54, 1.807) is 23.9 Å². The average Bonchev–Trinajstić information content (AvgIpc) is 3.05. The molecule has 8 nitrogen and oxygen atoms in total. The molecule has 1 fully saturated rings. The lowest BCUT2D eigenvalue weighted by molar-refractivity contribution is -0.384. The van der Waals surface area contributed by atoms with Crippen LogP contribution in [-0.4, -0.2) is 63.6 Å². The summed E-state index contributed by atoms with van der Waals surface area (Å²) in [6.07, 6.45) is 0. The lowest BCUT2D eigenvalue weighted by Gasteiger charge is -2.25. The van der Waals surface area contributed by atoms with Crippen LogP contribution in [0.15, 0.2) is 29.4 Å². The first-order valence-corrected chi connectivity index (χ1v) is 8.31. The number of rotatable bonds is 6. The van der Waals surface area contributed by atoms with Crippen molar-refractivity contribution in [3.05, 3.63) is 34.4 Å². The maximum atomic E-state index is 10.7. The molecule has 1 aromatic heterocycles. The van der Waals surface area contributed by atoms with Crippen LogP contribution in [-0.2, 0) is 4.74 Å². The van der Waals surface area contributed by atoms with E-state index >= 15 is 0 Å². The molecule has 0 spiro atoms. The molecule has 2 heterocycles. The highest BCUT2D eigenvalue weighted by Gasteiger charge is 2.12. The van der Waals surface area contributed by atoms with Gasteiger partial charge in [-0.25, -0.2) is 0 Å². The quantitative estimate of drug-likeness (QED) is 0.488. The Morgan fingerprint density at radius 3 is 2.70 bits per heavy atom. The lowest BCUT2D eigenvalue weighted by Crippen LogP contribution is -2.37. The third-order valence-corrected chi connectivity index (χ3v) is 4.41. The van der Waals surface area contributed by atoms with Gasteiger partial charge in [0, 0.05) is 43.1 Å². The van der Waals surface area contributed by atoms with Gasteiger partial charge in [0.2, 0.25) is 0 Å². The minimum atomic E-state index is -0.420. The van der Waals surface area contributed by atoms with Crippen molar-refractivity contribution in [3.63, 3.8) is 0 Å². The summed E-state index contributed by atoms with van der Waals surface area (Å²) < 4.78 is 5.32. The number of nitro groups is 1. The van der Waals surface area contributed by atoms with Gasteiger partial charge in [-0.3, -0.25) is 15.0 Å². The fourth-order valence-corrected chi connectivity index (χ4v) is 3.09. The molecule has 0 bridgehead atoms. The van der Waals surface area contributed by atoms with Crippen LogP contribution in [0.1, 0.15) is 0 Å². The van der Waals surface area contributed by atoms with E-state index < -0.39 is 4.92 Å². The normalized spacial score (nSPS) is 15.7. The van der Waals surface area contributed by atoms with Crippen molar-refractivity contribution >= 4 is 17.4 Å². The molecule has 3 rings (SSSR count). The molecule has 0 radical (unpaired) electrons. The second-order valence-corrected chi connectivity index (χ2v) is 6.17. The number of aromatic amines is 1. The Morgan fingerprint density at radius 1 is 1.26 bits per heavy atom. The summed E-state index contributed by atoms with van der Waals surface area (Å²) in [5, 5.41) is 19.6. The number of aromatic nitrogens is 3. The fourth-order valence-electron chi connectivity index (χ4n) is 2.28. The highest BCUT2D eigenvalue weighted by atomic mass is 32.2. The molecule has 23 heavy (non-hydrogen) atoms. The van der Waals surface area contributed by atoms with Gasteiger partial charge in [0.1, 0.15) is 0 Å². The van der Waals surface area contributed by atoms with Gasteiger partial charge in [0.25, 0.3) is 5.69 Å². The van der Waals surface area contributed by atoms with Crippen LogP contribution in [0.5, 0.6) is 0 Å². The fraction of sp³-hybridized carbons (Fsp3) is 0.429. The molecule has 1 N–H and O–H groups in total. The summed E-state index contributed by atoms with van der Waals surface area (Å²) >= 11 is 1.62. The van der Waals surface area contributed by atoms with Crippen molar-refractivity contribution in [2.24, 2.45) is 0 Å². The summed E-state index contributed by atoms with van der Waals surface area (Å²) in [5.74, 6) is 1.54. The van der Waals surface area contributed by atoms with E-state index in [1.807, 2.05) is 0 Å². The van der Waals surface area contributed by atoms with Gasteiger partial charge in [-0.1, -0.05) is 11.8 Å². The molecule has 0 saturated carbocycles. The monoisotopic (exact) mass is 335 g/mol. The van der Waals surface area contributed by atoms with Gasteiger partial charge in [-0.15, -0.1) is 10.2 Å². The van der Waals surface area contributed by atoms with Crippen LogP contribution in [0.3, 0.4) is 0 Å². The zero-order valence-corrected chi connectivity index (χ0v) is 13.3. The molecule has 1 aromatic carbocycles. The van der Waals surface area contributed by atoms with Crippen molar-refractivity contribution in [3.8, 4) is 11.4 Å². The summed E-state index contributed by atoms with van der Waals surface area (Å²) in [5.41, 5.74) is 0.844. The van der Waals surface area contributed by atoms with Crippen LogP contribution in [0.4, 0.5) is 5.69 Å². The highest BCUT2D eigenvalue weighted by molar-refractivity contribution is 7.99. The number of benzene rings is 1. The molecule has 1 saturated heterocycles. The van der Waals surface area contributed by atoms with Gasteiger partial charge in [0.15, 0.2) is 11.0 Å². The van der Waals surface area contributed by atoms with Crippen LogP contribution >= 0.6 is 11.8 Å². The molecule has 0 amide bonds. The molecule has 1 aliphatic rings. The first kappa shape index (κ1) is 15.9. The van der Waals surface area contributed by atoms with Crippen molar-refractivity contribution < 1.29 is 9.66 Å². The average molecular weight is 335 g/mol. The maximum absolute atomic E-state index is 10.7. The van der Waals surface area contributed by atoms with E-state index in [0.717, 1.165) is 49.3 Å². The van der Waals surface area contributed by atoms with Crippen molar-refractivity contribution in [2.45, 2.75) is 5.16 Å². The number of H-pyrrole nitrogens is 1. The van der Waals surface area contributed by atoms with Gasteiger partial charge < -0.3 is 9.72 Å². The molecule has 0 unspecified atom stereocenters. The molecule has 0 atom stereocenters. The number of nitro benzene ring substituents is 1. The van der Waals surface area contributed by atoms with E-state index in [2.05, 4.69) is 20.1 Å². The number of non-ortho nitro benzene ring substituents is 1. The summed E-state index contributed by atoms with van der Waals surface area (Å²) in [6.45, 7) is 4.55. The van der Waals surface area contributed by atoms with Crippen LogP contribution < -0.4 is 0 Å². The van der Waals surface area contributed by atoms with E-state index in [1.165, 1.54) is 12.1 Å². The topological polar surface area (TPSA) is 97.2 Å². The predicted molar refractivity (Wildman–Crippen MR) is 86.5 cm³/mol. The number of nitrogens with one attached hydrogen (secondary N) is 1. The lowest BCUT2D eigenvalue weighted by atomic mass is 10.2. The van der Waals surface area contributed by atoms with Gasteiger partial charge in [-0.05, 0) is 12.1 Å². The number of ether oxygens (including phenoxy) is 1. The SMILES string of the molecule is O=[N+]([O-])c1ccc(-c2nnc(SCCN3CCOCC3)[nH]2)cc1. The maximum Gasteiger partial charge on any atom is 0.269 e. The Morgan fingerprint density at radius 2 is 2.00 bits per heavy atom. The van der Waals surface area contributed by atoms with Gasteiger partial charge >= 0.3 is 0 Å². The number of morpholine rings is 1. The Bertz CT molecular complexity index is 655. The molecule has 122 valence electrons.